The molecule has 6 aromatic carbocycles. The molecule has 8 heteroatoms. The first-order valence-electron chi connectivity index (χ1n) is 22.7. The van der Waals surface area contributed by atoms with Crippen LogP contribution < -0.4 is 9.30 Å². The molecule has 0 saturated carbocycles. The van der Waals surface area contributed by atoms with E-state index in [4.69, 9.17) is 14.7 Å². The molecule has 336 valence electrons. The minimum absolute atomic E-state index is 0. The van der Waals surface area contributed by atoms with Crippen LogP contribution in [0, 0.1) is 18.5 Å². The van der Waals surface area contributed by atoms with Gasteiger partial charge >= 0.3 is 0 Å². The summed E-state index contributed by atoms with van der Waals surface area (Å²) in [5, 5.41) is 4.60. The van der Waals surface area contributed by atoms with Gasteiger partial charge in [0.15, 0.2) is 0 Å². The fourth-order valence-corrected chi connectivity index (χ4v) is 9.22. The number of rotatable bonds is 6. The van der Waals surface area contributed by atoms with Gasteiger partial charge in [0.1, 0.15) is 5.82 Å². The molecule has 0 aliphatic carbocycles. The monoisotopic (exact) mass is 1060 g/mol. The van der Waals surface area contributed by atoms with E-state index in [2.05, 4.69) is 216 Å². The Labute approximate surface area is 406 Å². The van der Waals surface area contributed by atoms with Crippen molar-refractivity contribution in [3.8, 4) is 34.5 Å². The number of para-hydroxylation sites is 4. The molecule has 67 heavy (non-hydrogen) atoms. The van der Waals surface area contributed by atoms with Crippen molar-refractivity contribution in [1.82, 2.24) is 23.7 Å². The van der Waals surface area contributed by atoms with E-state index in [9.17, 15) is 0 Å². The Balaban J connectivity index is 0.00000525. The maximum Gasteiger partial charge on any atom is 0.269 e. The molecule has 0 bridgehead atoms. The topological polar surface area (TPSA) is 53.7 Å². The number of ether oxygens (including phenoxy) is 1. The molecule has 5 heterocycles. The van der Waals surface area contributed by atoms with Crippen molar-refractivity contribution < 1.29 is 30.4 Å². The van der Waals surface area contributed by atoms with Crippen LogP contribution in [0.4, 0.5) is 0 Å². The molecular formula is C59H52N6OPt-2. The third-order valence-electron chi connectivity index (χ3n) is 12.9. The Bertz CT molecular complexity index is 3620. The number of hydrogen-bond acceptors (Lipinski definition) is 3. The van der Waals surface area contributed by atoms with Gasteiger partial charge < -0.3 is 13.9 Å². The first-order valence-corrected chi connectivity index (χ1v) is 22.7. The van der Waals surface area contributed by atoms with Gasteiger partial charge in [-0.1, -0.05) is 141 Å². The van der Waals surface area contributed by atoms with Crippen LogP contribution in [-0.2, 0) is 37.3 Å². The molecule has 0 aliphatic heterocycles. The van der Waals surface area contributed by atoms with Crippen molar-refractivity contribution in [2.75, 3.05) is 0 Å². The summed E-state index contributed by atoms with van der Waals surface area (Å²) < 4.78 is 15.4. The van der Waals surface area contributed by atoms with Gasteiger partial charge in [-0.05, 0) is 98.7 Å². The minimum Gasteiger partial charge on any atom is -0.522 e. The molecule has 0 atom stereocenters. The molecule has 11 aromatic rings. The minimum atomic E-state index is -0.0688. The molecule has 0 N–H and O–H groups in total. The van der Waals surface area contributed by atoms with Gasteiger partial charge in [-0.25, -0.2) is 4.98 Å². The van der Waals surface area contributed by atoms with E-state index in [-0.39, 0.29) is 37.3 Å². The summed E-state index contributed by atoms with van der Waals surface area (Å²) in [4.78, 5) is 9.77. The second-order valence-corrected chi connectivity index (χ2v) is 20.5. The summed E-state index contributed by atoms with van der Waals surface area (Å²) in [7, 11) is 0. The fourth-order valence-electron chi connectivity index (χ4n) is 9.22. The van der Waals surface area contributed by atoms with E-state index in [1.54, 1.807) is 6.20 Å². The fraction of sp³-hybridized carbons (Fsp3) is 0.203. The zero-order valence-electron chi connectivity index (χ0n) is 39.3. The van der Waals surface area contributed by atoms with Crippen LogP contribution in [0.3, 0.4) is 0 Å². The number of aromatic nitrogens is 6. The predicted octanol–water partition coefficient (Wildman–Crippen LogP) is 14.0. The third-order valence-corrected chi connectivity index (χ3v) is 12.9. The van der Waals surface area contributed by atoms with Gasteiger partial charge in [0.2, 0.25) is 0 Å². The van der Waals surface area contributed by atoms with Crippen molar-refractivity contribution in [3.05, 3.63) is 187 Å². The summed E-state index contributed by atoms with van der Waals surface area (Å²) >= 11 is 0. The van der Waals surface area contributed by atoms with Gasteiger partial charge in [-0.3, -0.25) is 14.1 Å². The van der Waals surface area contributed by atoms with E-state index in [0.29, 0.717) is 17.3 Å². The SMILES string of the molecule is CC(C)(C)c1cc(-[n+]2[c-]n(-c3[c-]c(Oc4[c-]c5c(cc4)c4cc(-n6c7ccccc7c7ccccc76)ccc4n5-c4cc(C(C)(C)C)ccn4)ccn3)c3ccccc32)cc(C(C)(C)C)c1.[Pt]. The van der Waals surface area contributed by atoms with Crippen LogP contribution in [0.25, 0.3) is 77.7 Å². The first-order chi connectivity index (χ1) is 31.6. The van der Waals surface area contributed by atoms with E-state index >= 15 is 0 Å². The maximum absolute atomic E-state index is 6.68. The number of imidazole rings is 1. The van der Waals surface area contributed by atoms with Crippen molar-refractivity contribution in [3.63, 3.8) is 0 Å². The Hall–Kier alpha value is -6.82. The molecule has 0 spiro atoms. The summed E-state index contributed by atoms with van der Waals surface area (Å²) in [6.45, 7) is 20.3. The van der Waals surface area contributed by atoms with E-state index in [1.807, 2.05) is 29.0 Å². The quantitative estimate of drug-likeness (QED) is 0.123. The van der Waals surface area contributed by atoms with Gasteiger partial charge in [0.05, 0.1) is 33.6 Å². The number of benzene rings is 6. The van der Waals surface area contributed by atoms with Crippen LogP contribution in [0.1, 0.15) is 79.0 Å². The smallest absolute Gasteiger partial charge is 0.269 e. The first kappa shape index (κ1) is 44.0. The molecule has 0 unspecified atom stereocenters. The average molecular weight is 1060 g/mol. The Morgan fingerprint density at radius 2 is 1.09 bits per heavy atom. The molecule has 0 aliphatic rings. The summed E-state index contributed by atoms with van der Waals surface area (Å²) in [5.41, 5.74) is 12.0. The Morgan fingerprint density at radius 3 is 1.76 bits per heavy atom. The molecule has 5 aromatic heterocycles. The van der Waals surface area contributed by atoms with Crippen LogP contribution >= 0.6 is 0 Å². The normalized spacial score (nSPS) is 12.4. The van der Waals surface area contributed by atoms with Gasteiger partial charge in [-0.2, -0.15) is 18.2 Å². The van der Waals surface area contributed by atoms with Crippen LogP contribution in [0.15, 0.2) is 152 Å². The molecule has 0 radical (unpaired) electrons. The van der Waals surface area contributed by atoms with Crippen molar-refractivity contribution in [2.45, 2.75) is 78.6 Å². The molecule has 0 fully saturated rings. The van der Waals surface area contributed by atoms with Crippen molar-refractivity contribution >= 4 is 54.6 Å². The van der Waals surface area contributed by atoms with Crippen molar-refractivity contribution in [1.29, 1.82) is 0 Å². The largest absolute Gasteiger partial charge is 0.522 e. The molecule has 0 amide bonds. The summed E-state index contributed by atoms with van der Waals surface area (Å²) in [5.74, 6) is 2.47. The Kier molecular flexibility index (Phi) is 10.7. The number of nitrogens with zero attached hydrogens (tertiary/aromatic N) is 6. The Morgan fingerprint density at radius 1 is 0.493 bits per heavy atom. The summed E-state index contributed by atoms with van der Waals surface area (Å²) in [6.07, 6.45) is 7.32. The van der Waals surface area contributed by atoms with Crippen LogP contribution in [0.2, 0.25) is 0 Å². The standard InChI is InChI=1S/C59H52N6O.Pt/c1-57(2,3)38-26-28-61-56(33-38)65-51-25-22-41(64-49-18-12-10-16-45(49)46-17-11-13-19-50(46)64)34-48(51)47-24-23-43(35-54(47)65)66-44-27-29-60-55(36-44)63-37-62(52-20-14-15-21-53(52)63)42-31-39(58(4,5)6)30-40(32-42)59(7,8)9;/h10-34H,1-9H3;/q-2;. The van der Waals surface area contributed by atoms with Gasteiger partial charge in [0, 0.05) is 55.0 Å². The second kappa shape index (κ2) is 16.2. The number of hydrogen-bond donors (Lipinski definition) is 0. The third kappa shape index (κ3) is 7.73. The maximum atomic E-state index is 6.68. The number of fused-ring (bicyclic) bond motifs is 7. The number of pyridine rings is 2. The van der Waals surface area contributed by atoms with Gasteiger partial charge in [-0.15, -0.1) is 17.5 Å². The van der Waals surface area contributed by atoms with E-state index in [0.717, 1.165) is 50.0 Å². The molecule has 7 nitrogen and oxygen atoms in total. The molecule has 0 saturated heterocycles. The zero-order chi connectivity index (χ0) is 45.7. The van der Waals surface area contributed by atoms with E-state index < -0.39 is 0 Å². The summed E-state index contributed by atoms with van der Waals surface area (Å²) in [6, 6.07) is 56.7. The molecule has 11 rings (SSSR count). The predicted molar refractivity (Wildman–Crippen MR) is 268 cm³/mol. The van der Waals surface area contributed by atoms with Crippen LogP contribution in [-0.4, -0.2) is 23.7 Å². The zero-order valence-corrected chi connectivity index (χ0v) is 41.6. The second-order valence-electron chi connectivity index (χ2n) is 20.5. The van der Waals surface area contributed by atoms with Gasteiger partial charge in [0.25, 0.3) is 6.33 Å². The van der Waals surface area contributed by atoms with E-state index in [1.165, 1.54) is 38.5 Å². The average Bonchev–Trinajstić information content (AvgIpc) is 3.96. The van der Waals surface area contributed by atoms with Crippen molar-refractivity contribution in [2.24, 2.45) is 0 Å². The molecular weight excluding hydrogens is 1000 g/mol. The van der Waals surface area contributed by atoms with Crippen LogP contribution in [0.5, 0.6) is 11.5 Å².